The van der Waals surface area contributed by atoms with Crippen LogP contribution in [-0.2, 0) is 11.3 Å². The second-order valence-electron chi connectivity index (χ2n) is 8.83. The number of carbonyl (C=O) groups is 1. The molecule has 2 aromatic rings. The molecule has 1 aromatic heterocycles. The van der Waals surface area contributed by atoms with Crippen molar-refractivity contribution in [1.29, 1.82) is 0 Å². The molecule has 0 spiro atoms. The normalized spacial score (nSPS) is 18.5. The summed E-state index contributed by atoms with van der Waals surface area (Å²) in [5.41, 5.74) is 2.68. The van der Waals surface area contributed by atoms with Gasteiger partial charge in [-0.15, -0.1) is 0 Å². The first-order valence-electron chi connectivity index (χ1n) is 10.9. The van der Waals surface area contributed by atoms with Crippen LogP contribution in [0.4, 0.5) is 5.82 Å². The first kappa shape index (κ1) is 19.2. The van der Waals surface area contributed by atoms with E-state index in [1.807, 2.05) is 10.7 Å². The van der Waals surface area contributed by atoms with Crippen LogP contribution in [0.15, 0.2) is 36.5 Å². The number of hydrogen-bond acceptors (Lipinski definition) is 2. The third-order valence-corrected chi connectivity index (χ3v) is 6.23. The van der Waals surface area contributed by atoms with E-state index in [9.17, 15) is 4.79 Å². The third-order valence-electron chi connectivity index (χ3n) is 6.23. The summed E-state index contributed by atoms with van der Waals surface area (Å²) in [5.74, 6) is 1.50. The molecular weight excluding hydrogens is 348 g/mol. The zero-order valence-corrected chi connectivity index (χ0v) is 17.2. The zero-order valence-electron chi connectivity index (χ0n) is 17.2. The lowest BCUT2D eigenvalue weighted by Crippen LogP contribution is -3.13. The monoisotopic (exact) mass is 381 g/mol. The molecule has 1 unspecified atom stereocenters. The fourth-order valence-electron chi connectivity index (χ4n) is 4.37. The average molecular weight is 382 g/mol. The van der Waals surface area contributed by atoms with Crippen LogP contribution in [0, 0.1) is 0 Å². The summed E-state index contributed by atoms with van der Waals surface area (Å²) in [6.45, 7) is 5.87. The van der Waals surface area contributed by atoms with E-state index in [0.717, 1.165) is 25.2 Å². The number of aromatic nitrogens is 2. The summed E-state index contributed by atoms with van der Waals surface area (Å²) in [7, 11) is 0. The molecule has 1 atom stereocenters. The maximum atomic E-state index is 12.8. The number of quaternary nitrogens is 1. The van der Waals surface area contributed by atoms with E-state index in [-0.39, 0.29) is 5.91 Å². The van der Waals surface area contributed by atoms with Gasteiger partial charge in [0.15, 0.2) is 6.54 Å². The quantitative estimate of drug-likeness (QED) is 0.737. The molecule has 1 aromatic carbocycles. The van der Waals surface area contributed by atoms with Gasteiger partial charge in [0.25, 0.3) is 5.91 Å². The minimum Gasteiger partial charge on any atom is -0.321 e. The Balaban J connectivity index is 1.37. The highest BCUT2D eigenvalue weighted by Gasteiger charge is 2.34. The third kappa shape index (κ3) is 4.64. The molecule has 0 saturated heterocycles. The number of nitrogens with zero attached hydrogens (tertiary/aromatic N) is 2. The van der Waals surface area contributed by atoms with E-state index in [0.29, 0.717) is 24.5 Å². The average Bonchev–Trinajstić information content (AvgIpc) is 3.19. The van der Waals surface area contributed by atoms with Crippen molar-refractivity contribution in [2.24, 2.45) is 0 Å². The predicted molar refractivity (Wildman–Crippen MR) is 111 cm³/mol. The van der Waals surface area contributed by atoms with Gasteiger partial charge in [-0.3, -0.25) is 4.79 Å². The Bertz CT molecular complexity index is 785. The second-order valence-corrected chi connectivity index (χ2v) is 8.83. The van der Waals surface area contributed by atoms with Crippen LogP contribution in [0.1, 0.15) is 75.5 Å². The van der Waals surface area contributed by atoms with Crippen molar-refractivity contribution >= 4 is 11.7 Å². The van der Waals surface area contributed by atoms with Crippen molar-refractivity contribution in [2.45, 2.75) is 76.9 Å². The molecule has 2 N–H and O–H groups in total. The fraction of sp³-hybridized carbons (Fsp3) is 0.565. The number of amides is 1. The fourth-order valence-corrected chi connectivity index (χ4v) is 4.37. The smallest absolute Gasteiger partial charge is 0.280 e. The van der Waals surface area contributed by atoms with Gasteiger partial charge in [0.1, 0.15) is 12.4 Å². The van der Waals surface area contributed by atoms with Crippen molar-refractivity contribution in [1.82, 2.24) is 9.78 Å². The lowest BCUT2D eigenvalue weighted by molar-refractivity contribution is -0.916. The number of benzene rings is 1. The Hall–Kier alpha value is -2.14. The largest absolute Gasteiger partial charge is 0.321 e. The Kier molecular flexibility index (Phi) is 5.81. The van der Waals surface area contributed by atoms with E-state index in [1.165, 1.54) is 41.7 Å². The van der Waals surface area contributed by atoms with Gasteiger partial charge in [-0.25, -0.2) is 4.68 Å². The Morgan fingerprint density at radius 3 is 2.50 bits per heavy atom. The van der Waals surface area contributed by atoms with Gasteiger partial charge in [0.05, 0.1) is 18.3 Å². The molecule has 1 heterocycles. The van der Waals surface area contributed by atoms with Gasteiger partial charge in [-0.05, 0) is 24.3 Å². The summed E-state index contributed by atoms with van der Waals surface area (Å²) in [5, 5.41) is 7.59. The Morgan fingerprint density at radius 1 is 1.14 bits per heavy atom. The molecule has 0 bridgehead atoms. The highest BCUT2D eigenvalue weighted by atomic mass is 16.2. The topological polar surface area (TPSA) is 51.4 Å². The van der Waals surface area contributed by atoms with E-state index in [1.54, 1.807) is 6.20 Å². The van der Waals surface area contributed by atoms with Crippen LogP contribution in [0.2, 0.25) is 0 Å². The summed E-state index contributed by atoms with van der Waals surface area (Å²) < 4.78 is 2.02. The van der Waals surface area contributed by atoms with E-state index in [2.05, 4.69) is 48.5 Å². The van der Waals surface area contributed by atoms with Crippen molar-refractivity contribution < 1.29 is 9.69 Å². The minimum atomic E-state index is 0.0976. The number of hydrogen-bond donors (Lipinski definition) is 2. The summed E-state index contributed by atoms with van der Waals surface area (Å²) in [6.07, 6.45) is 9.10. The lowest BCUT2D eigenvalue weighted by Gasteiger charge is -2.20. The van der Waals surface area contributed by atoms with Crippen molar-refractivity contribution in [3.8, 4) is 0 Å². The van der Waals surface area contributed by atoms with E-state index < -0.39 is 0 Å². The molecule has 5 nitrogen and oxygen atoms in total. The van der Waals surface area contributed by atoms with Crippen LogP contribution in [0.25, 0.3) is 0 Å². The van der Waals surface area contributed by atoms with E-state index in [4.69, 9.17) is 0 Å². The standard InChI is InChI=1S/C23H32N4O/c1-17(2)19-9-7-18(8-10-19)15-26(20-11-12-20)16-23(28)25-22-13-14-24-27(22)21-5-3-4-6-21/h7-10,13-14,17,20-21H,3-6,11-12,15-16H2,1-2H3,(H,25,28)/p+1. The molecule has 150 valence electrons. The number of anilines is 1. The Morgan fingerprint density at radius 2 is 1.86 bits per heavy atom. The van der Waals surface area contributed by atoms with Crippen molar-refractivity contribution in [2.75, 3.05) is 11.9 Å². The first-order valence-corrected chi connectivity index (χ1v) is 10.9. The van der Waals surface area contributed by atoms with Crippen LogP contribution < -0.4 is 10.2 Å². The van der Waals surface area contributed by atoms with Gasteiger partial charge in [0.2, 0.25) is 0 Å². The molecule has 28 heavy (non-hydrogen) atoms. The number of carbonyl (C=O) groups excluding carboxylic acids is 1. The highest BCUT2D eigenvalue weighted by molar-refractivity contribution is 5.90. The van der Waals surface area contributed by atoms with Gasteiger partial charge in [0, 0.05) is 24.5 Å². The van der Waals surface area contributed by atoms with Crippen LogP contribution in [-0.4, -0.2) is 28.3 Å². The predicted octanol–water partition coefficient (Wildman–Crippen LogP) is 3.31. The highest BCUT2D eigenvalue weighted by Crippen LogP contribution is 2.31. The molecule has 2 aliphatic rings. The summed E-state index contributed by atoms with van der Waals surface area (Å²) in [6, 6.07) is 11.9. The molecule has 2 fully saturated rings. The molecule has 1 amide bonds. The first-order chi connectivity index (χ1) is 13.6. The zero-order chi connectivity index (χ0) is 19.5. The summed E-state index contributed by atoms with van der Waals surface area (Å²) in [4.78, 5) is 14.2. The van der Waals surface area contributed by atoms with Crippen LogP contribution in [0.3, 0.4) is 0 Å². The van der Waals surface area contributed by atoms with E-state index >= 15 is 0 Å². The molecule has 0 radical (unpaired) electrons. The van der Waals surface area contributed by atoms with Gasteiger partial charge in [-0.1, -0.05) is 51.0 Å². The minimum absolute atomic E-state index is 0.0976. The van der Waals surface area contributed by atoms with Crippen LogP contribution in [0.5, 0.6) is 0 Å². The molecular formula is C23H33N4O+. The molecule has 2 aliphatic carbocycles. The SMILES string of the molecule is CC(C)c1ccc(C[NH+](CC(=O)Nc2ccnn2C2CCCC2)C2CC2)cc1. The molecule has 0 aliphatic heterocycles. The molecule has 2 saturated carbocycles. The second kappa shape index (κ2) is 8.48. The maximum absolute atomic E-state index is 12.8. The van der Waals surface area contributed by atoms with Gasteiger partial charge < -0.3 is 10.2 Å². The van der Waals surface area contributed by atoms with Gasteiger partial charge >= 0.3 is 0 Å². The van der Waals surface area contributed by atoms with Crippen molar-refractivity contribution in [3.05, 3.63) is 47.7 Å². The maximum Gasteiger partial charge on any atom is 0.280 e. The number of rotatable bonds is 8. The number of nitrogens with one attached hydrogen (secondary N) is 2. The molecule has 4 rings (SSSR count). The van der Waals surface area contributed by atoms with Crippen molar-refractivity contribution in [3.63, 3.8) is 0 Å². The lowest BCUT2D eigenvalue weighted by atomic mass is 10.0. The van der Waals surface area contributed by atoms with Gasteiger partial charge in [-0.2, -0.15) is 5.10 Å². The molecule has 5 heteroatoms. The summed E-state index contributed by atoms with van der Waals surface area (Å²) >= 11 is 0. The Labute approximate surface area is 168 Å². The van der Waals surface area contributed by atoms with Crippen LogP contribution >= 0.6 is 0 Å².